The van der Waals surface area contributed by atoms with Crippen molar-refractivity contribution in [2.24, 2.45) is 0 Å². The SMILES string of the molecule is C/C=C/CCc1ccc(C(F)=C(F)c2cc3ccc(CCC)c(F)c3c(F)c2F)cc1. The van der Waals surface area contributed by atoms with Gasteiger partial charge in [0.25, 0.3) is 0 Å². The summed E-state index contributed by atoms with van der Waals surface area (Å²) in [6.45, 7) is 3.75. The molecule has 0 saturated heterocycles. The van der Waals surface area contributed by atoms with Crippen LogP contribution in [-0.4, -0.2) is 0 Å². The van der Waals surface area contributed by atoms with Crippen molar-refractivity contribution in [1.29, 1.82) is 0 Å². The maximum absolute atomic E-state index is 14.8. The van der Waals surface area contributed by atoms with Crippen LogP contribution in [0, 0.1) is 17.5 Å². The Morgan fingerprint density at radius 3 is 2.19 bits per heavy atom. The van der Waals surface area contributed by atoms with Gasteiger partial charge in [0.2, 0.25) is 0 Å². The second-order valence-electron chi connectivity index (χ2n) is 7.37. The molecule has 0 aromatic heterocycles. The maximum atomic E-state index is 14.8. The Kier molecular flexibility index (Phi) is 7.26. The van der Waals surface area contributed by atoms with Crippen LogP contribution in [0.4, 0.5) is 22.0 Å². The second kappa shape index (κ2) is 9.90. The van der Waals surface area contributed by atoms with E-state index < -0.39 is 40.1 Å². The summed E-state index contributed by atoms with van der Waals surface area (Å²) in [7, 11) is 0. The summed E-state index contributed by atoms with van der Waals surface area (Å²) in [6, 6.07) is 9.89. The van der Waals surface area contributed by atoms with Gasteiger partial charge in [-0.15, -0.1) is 0 Å². The molecule has 0 bridgehead atoms. The average molecular weight is 430 g/mol. The minimum Gasteiger partial charge on any atom is -0.206 e. The third-order valence-corrected chi connectivity index (χ3v) is 5.19. The van der Waals surface area contributed by atoms with Gasteiger partial charge in [0, 0.05) is 5.56 Å². The van der Waals surface area contributed by atoms with Crippen molar-refractivity contribution in [2.45, 2.75) is 39.5 Å². The Morgan fingerprint density at radius 2 is 1.55 bits per heavy atom. The van der Waals surface area contributed by atoms with Crippen LogP contribution in [0.3, 0.4) is 0 Å². The van der Waals surface area contributed by atoms with E-state index in [1.165, 1.54) is 24.3 Å². The number of rotatable bonds is 7. The Morgan fingerprint density at radius 1 is 0.839 bits per heavy atom. The van der Waals surface area contributed by atoms with Gasteiger partial charge in [0.15, 0.2) is 23.3 Å². The smallest absolute Gasteiger partial charge is 0.170 e. The van der Waals surface area contributed by atoms with Gasteiger partial charge < -0.3 is 0 Å². The Labute approximate surface area is 178 Å². The molecule has 0 N–H and O–H groups in total. The molecular formula is C26H23F5. The summed E-state index contributed by atoms with van der Waals surface area (Å²) in [6.07, 6.45) is 6.48. The first kappa shape index (κ1) is 22.7. The highest BCUT2D eigenvalue weighted by Gasteiger charge is 2.23. The predicted octanol–water partition coefficient (Wildman–Crippen LogP) is 8.48. The highest BCUT2D eigenvalue weighted by molar-refractivity contribution is 5.91. The molecule has 0 amide bonds. The van der Waals surface area contributed by atoms with E-state index in [0.29, 0.717) is 12.8 Å². The molecule has 0 aliphatic heterocycles. The number of fused-ring (bicyclic) bond motifs is 1. The molecule has 5 heteroatoms. The Balaban J connectivity index is 2.02. The lowest BCUT2D eigenvalue weighted by Crippen LogP contribution is -1.99. The van der Waals surface area contributed by atoms with Crippen LogP contribution in [0.2, 0.25) is 0 Å². The number of aryl methyl sites for hydroxylation is 2. The summed E-state index contributed by atoms with van der Waals surface area (Å²) in [4.78, 5) is 0. The van der Waals surface area contributed by atoms with E-state index >= 15 is 0 Å². The van der Waals surface area contributed by atoms with Crippen molar-refractivity contribution < 1.29 is 22.0 Å². The van der Waals surface area contributed by atoms with Crippen molar-refractivity contribution in [3.8, 4) is 0 Å². The maximum Gasteiger partial charge on any atom is 0.170 e. The lowest BCUT2D eigenvalue weighted by molar-refractivity contribution is 0.505. The standard InChI is InChI=1S/C26H23F5/c1-3-5-6-8-16-9-11-18(12-10-16)23(28)24(29)20-15-19-14-13-17(7-4-2)22(27)21(19)26(31)25(20)30/h3,5,9-15H,4,6-8H2,1-2H3/b5-3+,24-23?. The Bertz CT molecular complexity index is 1140. The van der Waals surface area contributed by atoms with E-state index in [-0.39, 0.29) is 16.5 Å². The van der Waals surface area contributed by atoms with Crippen molar-refractivity contribution in [1.82, 2.24) is 0 Å². The minimum absolute atomic E-state index is 0.0338. The van der Waals surface area contributed by atoms with Crippen molar-refractivity contribution in [3.63, 3.8) is 0 Å². The molecule has 3 rings (SSSR count). The molecule has 3 aromatic carbocycles. The van der Waals surface area contributed by atoms with E-state index in [0.717, 1.165) is 24.5 Å². The molecule has 0 unspecified atom stereocenters. The second-order valence-corrected chi connectivity index (χ2v) is 7.37. The van der Waals surface area contributed by atoms with E-state index in [9.17, 15) is 22.0 Å². The lowest BCUT2D eigenvalue weighted by atomic mass is 9.99. The first-order chi connectivity index (χ1) is 14.9. The Hall–Kier alpha value is -2.95. The molecule has 162 valence electrons. The quantitative estimate of drug-likeness (QED) is 0.200. The molecule has 0 saturated carbocycles. The summed E-state index contributed by atoms with van der Waals surface area (Å²) in [5.74, 6) is -6.85. The van der Waals surface area contributed by atoms with Crippen LogP contribution < -0.4 is 0 Å². The molecule has 0 aliphatic carbocycles. The average Bonchev–Trinajstić information content (AvgIpc) is 2.77. The van der Waals surface area contributed by atoms with Gasteiger partial charge in [0.05, 0.1) is 10.9 Å². The summed E-state index contributed by atoms with van der Waals surface area (Å²) < 4.78 is 73.4. The zero-order chi connectivity index (χ0) is 22.5. The zero-order valence-electron chi connectivity index (χ0n) is 17.4. The van der Waals surface area contributed by atoms with Gasteiger partial charge in [-0.05, 0) is 48.8 Å². The number of hydrogen-bond acceptors (Lipinski definition) is 0. The molecule has 0 aliphatic rings. The van der Waals surface area contributed by atoms with Gasteiger partial charge in [-0.3, -0.25) is 0 Å². The number of hydrogen-bond donors (Lipinski definition) is 0. The van der Waals surface area contributed by atoms with Crippen molar-refractivity contribution in [2.75, 3.05) is 0 Å². The van der Waals surface area contributed by atoms with Crippen LogP contribution in [0.15, 0.2) is 54.6 Å². The van der Waals surface area contributed by atoms with Gasteiger partial charge in [-0.2, -0.15) is 0 Å². The molecule has 31 heavy (non-hydrogen) atoms. The number of halogens is 5. The fourth-order valence-corrected chi connectivity index (χ4v) is 3.53. The monoisotopic (exact) mass is 430 g/mol. The summed E-state index contributed by atoms with van der Waals surface area (Å²) in [5.41, 5.74) is 0.230. The third kappa shape index (κ3) is 4.71. The fraction of sp³-hybridized carbons (Fsp3) is 0.231. The predicted molar refractivity (Wildman–Crippen MR) is 116 cm³/mol. The minimum atomic E-state index is -1.62. The molecule has 0 radical (unpaired) electrons. The molecule has 0 fully saturated rings. The molecule has 3 aromatic rings. The highest BCUT2D eigenvalue weighted by atomic mass is 19.2. The van der Waals surface area contributed by atoms with E-state index in [2.05, 4.69) is 0 Å². The van der Waals surface area contributed by atoms with Gasteiger partial charge >= 0.3 is 0 Å². The normalized spacial score (nSPS) is 12.6. The molecule has 0 nitrogen and oxygen atoms in total. The fourth-order valence-electron chi connectivity index (χ4n) is 3.53. The molecule has 0 spiro atoms. The summed E-state index contributed by atoms with van der Waals surface area (Å²) in [5, 5.41) is -0.584. The van der Waals surface area contributed by atoms with Gasteiger partial charge in [-0.1, -0.05) is 61.9 Å². The summed E-state index contributed by atoms with van der Waals surface area (Å²) >= 11 is 0. The van der Waals surface area contributed by atoms with E-state index in [4.69, 9.17) is 0 Å². The third-order valence-electron chi connectivity index (χ3n) is 5.19. The molecule has 0 heterocycles. The van der Waals surface area contributed by atoms with E-state index in [1.807, 2.05) is 26.0 Å². The lowest BCUT2D eigenvalue weighted by Gasteiger charge is -2.11. The van der Waals surface area contributed by atoms with Crippen molar-refractivity contribution >= 4 is 22.4 Å². The van der Waals surface area contributed by atoms with Gasteiger partial charge in [0.1, 0.15) is 5.82 Å². The van der Waals surface area contributed by atoms with Crippen LogP contribution >= 0.6 is 0 Å². The largest absolute Gasteiger partial charge is 0.206 e. The highest BCUT2D eigenvalue weighted by Crippen LogP contribution is 2.35. The van der Waals surface area contributed by atoms with Crippen LogP contribution in [0.25, 0.3) is 22.4 Å². The van der Waals surface area contributed by atoms with E-state index in [1.54, 1.807) is 12.1 Å². The van der Waals surface area contributed by atoms with Gasteiger partial charge in [-0.25, -0.2) is 22.0 Å². The van der Waals surface area contributed by atoms with Crippen LogP contribution in [0.5, 0.6) is 0 Å². The molecular weight excluding hydrogens is 407 g/mol. The van der Waals surface area contributed by atoms with Crippen LogP contribution in [0.1, 0.15) is 48.9 Å². The number of allylic oxidation sites excluding steroid dienone is 2. The number of benzene rings is 3. The van der Waals surface area contributed by atoms with Crippen molar-refractivity contribution in [3.05, 3.63) is 94.3 Å². The first-order valence-corrected chi connectivity index (χ1v) is 10.2. The molecule has 0 atom stereocenters. The first-order valence-electron chi connectivity index (χ1n) is 10.2. The zero-order valence-corrected chi connectivity index (χ0v) is 17.4. The topological polar surface area (TPSA) is 0 Å². The van der Waals surface area contributed by atoms with Crippen LogP contribution in [-0.2, 0) is 12.8 Å².